The maximum absolute atomic E-state index is 12.4. The third-order valence-corrected chi connectivity index (χ3v) is 6.22. The maximum atomic E-state index is 12.4. The van der Waals surface area contributed by atoms with E-state index in [1.165, 1.54) is 5.56 Å². The summed E-state index contributed by atoms with van der Waals surface area (Å²) in [7, 11) is -3.28. The molecule has 24 heavy (non-hydrogen) atoms. The first-order chi connectivity index (χ1) is 11.4. The molecule has 0 bridgehead atoms. The lowest BCUT2D eigenvalue weighted by atomic mass is 10.2. The van der Waals surface area contributed by atoms with E-state index in [9.17, 15) is 13.2 Å². The number of halogens is 1. The molecule has 8 heteroatoms. The van der Waals surface area contributed by atoms with Crippen LogP contribution in [0.4, 0.5) is 5.69 Å². The Labute approximate surface area is 148 Å². The zero-order valence-corrected chi connectivity index (χ0v) is 15.4. The minimum absolute atomic E-state index is 0.0417. The van der Waals surface area contributed by atoms with Crippen molar-refractivity contribution >= 4 is 33.2 Å². The summed E-state index contributed by atoms with van der Waals surface area (Å²) in [6.45, 7) is 4.73. The second kappa shape index (κ2) is 8.69. The van der Waals surface area contributed by atoms with Gasteiger partial charge in [0.2, 0.25) is 15.9 Å². The van der Waals surface area contributed by atoms with E-state index in [1.807, 2.05) is 19.1 Å². The van der Waals surface area contributed by atoms with Crippen LogP contribution < -0.4 is 10.2 Å². The van der Waals surface area contributed by atoms with Crippen LogP contribution in [0.2, 0.25) is 0 Å². The number of anilines is 1. The molecule has 134 valence electrons. The second-order valence-electron chi connectivity index (χ2n) is 5.88. The van der Waals surface area contributed by atoms with Gasteiger partial charge in [0.05, 0.1) is 5.75 Å². The molecule has 1 aromatic rings. The fourth-order valence-corrected chi connectivity index (χ4v) is 4.29. The van der Waals surface area contributed by atoms with Crippen molar-refractivity contribution in [2.24, 2.45) is 0 Å². The van der Waals surface area contributed by atoms with Gasteiger partial charge in [0.15, 0.2) is 0 Å². The number of alkyl halides is 1. The van der Waals surface area contributed by atoms with Crippen LogP contribution in [0, 0.1) is 6.92 Å². The Morgan fingerprint density at radius 3 is 2.58 bits per heavy atom. The molecule has 0 radical (unpaired) electrons. The van der Waals surface area contributed by atoms with Crippen LogP contribution in [-0.2, 0) is 14.8 Å². The number of amides is 1. The molecular weight excluding hydrogens is 350 g/mol. The molecule has 1 aliphatic rings. The molecule has 6 nitrogen and oxygen atoms in total. The monoisotopic (exact) mass is 373 g/mol. The average molecular weight is 374 g/mol. The van der Waals surface area contributed by atoms with Gasteiger partial charge in [-0.25, -0.2) is 8.42 Å². The highest BCUT2D eigenvalue weighted by Gasteiger charge is 2.26. The lowest BCUT2D eigenvalue weighted by Gasteiger charge is -2.35. The van der Waals surface area contributed by atoms with Gasteiger partial charge in [0.25, 0.3) is 0 Å². The highest BCUT2D eigenvalue weighted by molar-refractivity contribution is 7.89. The van der Waals surface area contributed by atoms with E-state index in [4.69, 9.17) is 11.6 Å². The van der Waals surface area contributed by atoms with E-state index in [0.29, 0.717) is 39.1 Å². The van der Waals surface area contributed by atoms with E-state index in [0.717, 1.165) is 5.69 Å². The Morgan fingerprint density at radius 1 is 1.25 bits per heavy atom. The van der Waals surface area contributed by atoms with Gasteiger partial charge in [0, 0.05) is 38.4 Å². The fourth-order valence-electron chi connectivity index (χ4n) is 2.71. The third kappa shape index (κ3) is 5.36. The predicted octanol–water partition coefficient (Wildman–Crippen LogP) is 1.19. The molecule has 1 N–H and O–H groups in total. The first kappa shape index (κ1) is 19.0. The Kier molecular flexibility index (Phi) is 6.89. The Balaban J connectivity index is 1.81. The average Bonchev–Trinajstić information content (AvgIpc) is 2.58. The fraction of sp³-hybridized carbons (Fsp3) is 0.562. The SMILES string of the molecule is Cc1cccc(N2CCN(S(=O)(=O)CCCNC(=O)CCl)CC2)c1. The van der Waals surface area contributed by atoms with E-state index >= 15 is 0 Å². The van der Waals surface area contributed by atoms with Gasteiger partial charge in [-0.15, -0.1) is 11.6 Å². The van der Waals surface area contributed by atoms with Crippen molar-refractivity contribution < 1.29 is 13.2 Å². The molecule has 2 rings (SSSR count). The molecule has 1 aliphatic heterocycles. The first-order valence-corrected chi connectivity index (χ1v) is 10.2. The molecule has 0 spiro atoms. The zero-order chi connectivity index (χ0) is 17.6. The van der Waals surface area contributed by atoms with Gasteiger partial charge in [0.1, 0.15) is 5.88 Å². The summed E-state index contributed by atoms with van der Waals surface area (Å²) in [4.78, 5) is 13.2. The maximum Gasteiger partial charge on any atom is 0.234 e. The summed E-state index contributed by atoms with van der Waals surface area (Å²) in [5, 5.41) is 2.58. The molecule has 0 aromatic heterocycles. The van der Waals surface area contributed by atoms with Crippen LogP contribution in [0.1, 0.15) is 12.0 Å². The van der Waals surface area contributed by atoms with Crippen LogP contribution in [0.15, 0.2) is 24.3 Å². The van der Waals surface area contributed by atoms with Crippen molar-refractivity contribution in [3.05, 3.63) is 29.8 Å². The van der Waals surface area contributed by atoms with Gasteiger partial charge in [-0.05, 0) is 31.0 Å². The van der Waals surface area contributed by atoms with Crippen LogP contribution in [-0.4, -0.2) is 63.0 Å². The number of hydrogen-bond acceptors (Lipinski definition) is 4. The van der Waals surface area contributed by atoms with E-state index in [1.54, 1.807) is 4.31 Å². The van der Waals surface area contributed by atoms with Crippen molar-refractivity contribution in [1.29, 1.82) is 0 Å². The molecule has 0 atom stereocenters. The number of hydrogen-bond donors (Lipinski definition) is 1. The number of nitrogens with zero attached hydrogens (tertiary/aromatic N) is 2. The number of nitrogens with one attached hydrogen (secondary N) is 1. The quantitative estimate of drug-likeness (QED) is 0.575. The number of benzene rings is 1. The summed E-state index contributed by atoms with van der Waals surface area (Å²) in [5.41, 5.74) is 2.33. The Bertz CT molecular complexity index is 658. The second-order valence-corrected chi connectivity index (χ2v) is 8.23. The lowest BCUT2D eigenvalue weighted by Crippen LogP contribution is -2.49. The van der Waals surface area contributed by atoms with E-state index in [-0.39, 0.29) is 17.5 Å². The molecule has 1 saturated heterocycles. The van der Waals surface area contributed by atoms with Crippen molar-refractivity contribution in [1.82, 2.24) is 9.62 Å². The summed E-state index contributed by atoms with van der Waals surface area (Å²) in [5.74, 6) is -0.339. The van der Waals surface area contributed by atoms with Crippen molar-refractivity contribution in [3.63, 3.8) is 0 Å². The molecule has 1 fully saturated rings. The molecule has 1 amide bonds. The molecule has 0 aliphatic carbocycles. The van der Waals surface area contributed by atoms with Gasteiger partial charge in [-0.3, -0.25) is 4.79 Å². The van der Waals surface area contributed by atoms with E-state index < -0.39 is 10.0 Å². The van der Waals surface area contributed by atoms with Gasteiger partial charge < -0.3 is 10.2 Å². The van der Waals surface area contributed by atoms with Crippen LogP contribution in [0.3, 0.4) is 0 Å². The largest absolute Gasteiger partial charge is 0.369 e. The van der Waals surface area contributed by atoms with Crippen LogP contribution in [0.5, 0.6) is 0 Å². The van der Waals surface area contributed by atoms with Gasteiger partial charge in [-0.1, -0.05) is 12.1 Å². The summed E-state index contributed by atoms with van der Waals surface area (Å²) >= 11 is 5.37. The number of sulfonamides is 1. The highest BCUT2D eigenvalue weighted by atomic mass is 35.5. The minimum Gasteiger partial charge on any atom is -0.369 e. The number of carbonyl (C=O) groups excluding carboxylic acids is 1. The minimum atomic E-state index is -3.28. The van der Waals surface area contributed by atoms with E-state index in [2.05, 4.69) is 22.3 Å². The number of carbonyl (C=O) groups is 1. The van der Waals surface area contributed by atoms with Crippen LogP contribution >= 0.6 is 11.6 Å². The third-order valence-electron chi connectivity index (χ3n) is 4.02. The summed E-state index contributed by atoms with van der Waals surface area (Å²) in [6.07, 6.45) is 0.392. The predicted molar refractivity (Wildman–Crippen MR) is 97.1 cm³/mol. The van der Waals surface area contributed by atoms with Gasteiger partial charge in [-0.2, -0.15) is 4.31 Å². The first-order valence-electron chi connectivity index (χ1n) is 8.04. The van der Waals surface area contributed by atoms with Gasteiger partial charge >= 0.3 is 0 Å². The summed E-state index contributed by atoms with van der Waals surface area (Å²) in [6, 6.07) is 8.23. The molecule has 0 saturated carbocycles. The standard InChI is InChI=1S/C16H24ClN3O3S/c1-14-4-2-5-15(12-14)19-7-9-20(10-8-19)24(22,23)11-3-6-18-16(21)13-17/h2,4-5,12H,3,6-11,13H2,1H3,(H,18,21). The molecular formula is C16H24ClN3O3S. The smallest absolute Gasteiger partial charge is 0.234 e. The number of rotatable bonds is 7. The molecule has 0 unspecified atom stereocenters. The Hall–Kier alpha value is -1.31. The van der Waals surface area contributed by atoms with Crippen molar-refractivity contribution in [2.75, 3.05) is 49.3 Å². The van der Waals surface area contributed by atoms with Crippen molar-refractivity contribution in [3.8, 4) is 0 Å². The van der Waals surface area contributed by atoms with Crippen LogP contribution in [0.25, 0.3) is 0 Å². The highest BCUT2D eigenvalue weighted by Crippen LogP contribution is 2.19. The number of piperazine rings is 1. The molecule has 1 heterocycles. The molecule has 1 aromatic carbocycles. The Morgan fingerprint density at radius 2 is 1.96 bits per heavy atom. The zero-order valence-electron chi connectivity index (χ0n) is 13.9. The normalized spacial score (nSPS) is 16.2. The lowest BCUT2D eigenvalue weighted by molar-refractivity contribution is -0.118. The topological polar surface area (TPSA) is 69.7 Å². The van der Waals surface area contributed by atoms with Crippen molar-refractivity contribution in [2.45, 2.75) is 13.3 Å². The number of aryl methyl sites for hydroxylation is 1. The summed E-state index contributed by atoms with van der Waals surface area (Å²) < 4.78 is 26.3.